The van der Waals surface area contributed by atoms with Gasteiger partial charge < -0.3 is 10.1 Å². The lowest BCUT2D eigenvalue weighted by Crippen LogP contribution is -2.08. The van der Waals surface area contributed by atoms with Crippen LogP contribution in [0.4, 0.5) is 5.13 Å². The average molecular weight is 304 g/mol. The Bertz CT molecular complexity index is 679. The molecule has 0 spiro atoms. The molecule has 0 aliphatic carbocycles. The maximum absolute atomic E-state index is 12.0. The van der Waals surface area contributed by atoms with E-state index in [1.165, 1.54) is 18.3 Å². The second kappa shape index (κ2) is 6.49. The van der Waals surface area contributed by atoms with Gasteiger partial charge in [0, 0.05) is 12.3 Å². The number of thiazole rings is 1. The smallest absolute Gasteiger partial charge is 0.338 e. The van der Waals surface area contributed by atoms with Gasteiger partial charge >= 0.3 is 5.97 Å². The number of nitrogens with one attached hydrogen (secondary N) is 1. The van der Waals surface area contributed by atoms with E-state index in [4.69, 9.17) is 4.74 Å². The van der Waals surface area contributed by atoms with E-state index in [0.717, 1.165) is 11.1 Å². The van der Waals surface area contributed by atoms with E-state index in [1.54, 1.807) is 11.4 Å². The van der Waals surface area contributed by atoms with Gasteiger partial charge in [-0.1, -0.05) is 17.7 Å². The van der Waals surface area contributed by atoms with Gasteiger partial charge in [0.05, 0.1) is 11.3 Å². The summed E-state index contributed by atoms with van der Waals surface area (Å²) < 4.78 is 5.25. The normalized spacial score (nSPS) is 10.2. The van der Waals surface area contributed by atoms with Gasteiger partial charge in [-0.15, -0.1) is 11.3 Å². The Morgan fingerprint density at radius 3 is 2.76 bits per heavy atom. The monoisotopic (exact) mass is 304 g/mol. The first-order valence-electron chi connectivity index (χ1n) is 6.42. The van der Waals surface area contributed by atoms with Crippen molar-refractivity contribution in [2.24, 2.45) is 0 Å². The number of benzene rings is 1. The standard InChI is InChI=1S/C15H16N2O3S/c1-9-4-5-13(10(2)6-9)14(19)20-7-12-8-21-15(17-12)16-11(3)18/h4-6,8H,7H2,1-3H3,(H,16,17,18). The maximum Gasteiger partial charge on any atom is 0.338 e. The van der Waals surface area contributed by atoms with E-state index >= 15 is 0 Å². The Morgan fingerprint density at radius 2 is 2.10 bits per heavy atom. The van der Waals surface area contributed by atoms with Crippen molar-refractivity contribution in [1.82, 2.24) is 4.98 Å². The fraction of sp³-hybridized carbons (Fsp3) is 0.267. The molecule has 0 fully saturated rings. The highest BCUT2D eigenvalue weighted by atomic mass is 32.1. The molecule has 1 aromatic carbocycles. The number of carbonyl (C=O) groups excluding carboxylic acids is 2. The second-order valence-electron chi connectivity index (χ2n) is 4.72. The van der Waals surface area contributed by atoms with Crippen LogP contribution < -0.4 is 5.32 Å². The molecule has 0 atom stereocenters. The van der Waals surface area contributed by atoms with Crippen LogP contribution in [0.15, 0.2) is 23.6 Å². The zero-order valence-electron chi connectivity index (χ0n) is 12.1. The molecule has 0 aliphatic rings. The number of anilines is 1. The van der Waals surface area contributed by atoms with Crippen molar-refractivity contribution >= 4 is 28.3 Å². The molecule has 1 N–H and O–H groups in total. The van der Waals surface area contributed by atoms with Gasteiger partial charge in [0.2, 0.25) is 5.91 Å². The minimum absolute atomic E-state index is 0.0856. The average Bonchev–Trinajstić information content (AvgIpc) is 2.82. The van der Waals surface area contributed by atoms with Gasteiger partial charge in [-0.25, -0.2) is 9.78 Å². The van der Waals surface area contributed by atoms with Gasteiger partial charge in [0.25, 0.3) is 0 Å². The predicted octanol–water partition coefficient (Wildman–Crippen LogP) is 3.08. The number of esters is 1. The van der Waals surface area contributed by atoms with Gasteiger partial charge in [0.1, 0.15) is 6.61 Å². The van der Waals surface area contributed by atoms with Crippen LogP contribution in [0.1, 0.15) is 34.1 Å². The molecule has 110 valence electrons. The Morgan fingerprint density at radius 1 is 1.33 bits per heavy atom. The molecular formula is C15H16N2O3S. The van der Waals surface area contributed by atoms with Gasteiger partial charge in [-0.2, -0.15) is 0 Å². The van der Waals surface area contributed by atoms with Crippen molar-refractivity contribution in [3.8, 4) is 0 Å². The molecule has 21 heavy (non-hydrogen) atoms. The molecule has 0 saturated heterocycles. The molecule has 0 unspecified atom stereocenters. The molecule has 0 aliphatic heterocycles. The molecule has 1 heterocycles. The number of nitrogens with zero attached hydrogens (tertiary/aromatic N) is 1. The van der Waals surface area contributed by atoms with Crippen molar-refractivity contribution in [2.45, 2.75) is 27.4 Å². The molecule has 5 nitrogen and oxygen atoms in total. The van der Waals surface area contributed by atoms with Crippen LogP contribution in [-0.4, -0.2) is 16.9 Å². The highest BCUT2D eigenvalue weighted by Crippen LogP contribution is 2.17. The number of rotatable bonds is 4. The van der Waals surface area contributed by atoms with Crippen LogP contribution in [-0.2, 0) is 16.1 Å². The molecule has 0 radical (unpaired) electrons. The number of amides is 1. The first-order valence-corrected chi connectivity index (χ1v) is 7.30. The molecule has 1 aromatic heterocycles. The first kappa shape index (κ1) is 15.2. The Kier molecular flexibility index (Phi) is 4.70. The van der Waals surface area contributed by atoms with E-state index in [0.29, 0.717) is 16.4 Å². The van der Waals surface area contributed by atoms with E-state index < -0.39 is 0 Å². The van der Waals surface area contributed by atoms with Crippen molar-refractivity contribution in [2.75, 3.05) is 5.32 Å². The van der Waals surface area contributed by atoms with Crippen molar-refractivity contribution in [1.29, 1.82) is 0 Å². The minimum Gasteiger partial charge on any atom is -0.456 e. The topological polar surface area (TPSA) is 68.3 Å². The fourth-order valence-electron chi connectivity index (χ4n) is 1.84. The summed E-state index contributed by atoms with van der Waals surface area (Å²) in [6, 6.07) is 5.58. The lowest BCUT2D eigenvalue weighted by atomic mass is 10.1. The van der Waals surface area contributed by atoms with E-state index in [2.05, 4.69) is 10.3 Å². The van der Waals surface area contributed by atoms with Crippen LogP contribution in [0.25, 0.3) is 0 Å². The Balaban J connectivity index is 1.97. The van der Waals surface area contributed by atoms with Crippen molar-refractivity contribution < 1.29 is 14.3 Å². The molecule has 6 heteroatoms. The molecule has 2 rings (SSSR count). The summed E-state index contributed by atoms with van der Waals surface area (Å²) in [7, 11) is 0. The molecule has 0 bridgehead atoms. The molecular weight excluding hydrogens is 288 g/mol. The van der Waals surface area contributed by atoms with Crippen LogP contribution in [0.3, 0.4) is 0 Å². The van der Waals surface area contributed by atoms with Gasteiger partial charge in [0.15, 0.2) is 5.13 Å². The van der Waals surface area contributed by atoms with E-state index in [-0.39, 0.29) is 18.5 Å². The summed E-state index contributed by atoms with van der Waals surface area (Å²) in [6.45, 7) is 5.35. The summed E-state index contributed by atoms with van der Waals surface area (Å²) in [6.07, 6.45) is 0. The number of aromatic nitrogens is 1. The second-order valence-corrected chi connectivity index (χ2v) is 5.58. The highest BCUT2D eigenvalue weighted by molar-refractivity contribution is 7.13. The third-order valence-electron chi connectivity index (χ3n) is 2.79. The summed E-state index contributed by atoms with van der Waals surface area (Å²) in [5.41, 5.74) is 3.15. The zero-order chi connectivity index (χ0) is 15.4. The summed E-state index contributed by atoms with van der Waals surface area (Å²) in [5, 5.41) is 4.84. The van der Waals surface area contributed by atoms with Crippen LogP contribution in [0.5, 0.6) is 0 Å². The fourth-order valence-corrected chi connectivity index (χ4v) is 2.58. The van der Waals surface area contributed by atoms with Crippen LogP contribution >= 0.6 is 11.3 Å². The van der Waals surface area contributed by atoms with Gasteiger partial charge in [-0.05, 0) is 25.5 Å². The number of ether oxygens (including phenoxy) is 1. The lowest BCUT2D eigenvalue weighted by molar-refractivity contribution is -0.114. The SMILES string of the molecule is CC(=O)Nc1nc(COC(=O)c2ccc(C)cc2C)cs1. The third-order valence-corrected chi connectivity index (χ3v) is 3.59. The predicted molar refractivity (Wildman–Crippen MR) is 81.5 cm³/mol. The van der Waals surface area contributed by atoms with Crippen LogP contribution in [0, 0.1) is 13.8 Å². The third kappa shape index (κ3) is 4.13. The first-order chi connectivity index (χ1) is 9.95. The quantitative estimate of drug-likeness (QED) is 0.881. The summed E-state index contributed by atoms with van der Waals surface area (Å²) in [5.74, 6) is -0.551. The number of hydrogen-bond acceptors (Lipinski definition) is 5. The molecule has 0 saturated carbocycles. The Hall–Kier alpha value is -2.21. The van der Waals surface area contributed by atoms with Crippen molar-refractivity contribution in [3.63, 3.8) is 0 Å². The van der Waals surface area contributed by atoms with Gasteiger partial charge in [-0.3, -0.25) is 4.79 Å². The summed E-state index contributed by atoms with van der Waals surface area (Å²) in [4.78, 5) is 27.1. The largest absolute Gasteiger partial charge is 0.456 e. The number of carbonyl (C=O) groups is 2. The van der Waals surface area contributed by atoms with E-state index in [1.807, 2.05) is 26.0 Å². The molecule has 1 amide bonds. The Labute approximate surface area is 127 Å². The van der Waals surface area contributed by atoms with Crippen molar-refractivity contribution in [3.05, 3.63) is 46.0 Å². The number of hydrogen-bond donors (Lipinski definition) is 1. The minimum atomic E-state index is -0.374. The lowest BCUT2D eigenvalue weighted by Gasteiger charge is -2.06. The number of aryl methyl sites for hydroxylation is 2. The zero-order valence-corrected chi connectivity index (χ0v) is 12.9. The molecule has 2 aromatic rings. The maximum atomic E-state index is 12.0. The van der Waals surface area contributed by atoms with E-state index in [9.17, 15) is 9.59 Å². The highest BCUT2D eigenvalue weighted by Gasteiger charge is 2.12. The summed E-state index contributed by atoms with van der Waals surface area (Å²) >= 11 is 1.30. The van der Waals surface area contributed by atoms with Crippen LogP contribution in [0.2, 0.25) is 0 Å².